The maximum atomic E-state index is 14.6. The van der Waals surface area contributed by atoms with Gasteiger partial charge in [-0.2, -0.15) is 4.98 Å². The number of aromatic nitrogens is 4. The SMILES string of the molecule is COc1nc(NC2CCNCC2(F)F)nn2ccc(-c3cc(F)c4ncccc4c3)c12. The third-order valence-corrected chi connectivity index (χ3v) is 5.43. The van der Waals surface area contributed by atoms with Crippen LogP contribution in [-0.2, 0) is 0 Å². The zero-order chi connectivity index (χ0) is 21.6. The molecular formula is C21H19F3N6O. The fraction of sp³-hybridized carbons (Fsp3) is 0.286. The lowest BCUT2D eigenvalue weighted by Gasteiger charge is -2.32. The molecule has 7 nitrogen and oxygen atoms in total. The number of nitrogens with one attached hydrogen (secondary N) is 2. The Kier molecular flexibility index (Phi) is 4.66. The molecular weight excluding hydrogens is 409 g/mol. The van der Waals surface area contributed by atoms with Gasteiger partial charge in [-0.15, -0.1) is 5.10 Å². The molecule has 31 heavy (non-hydrogen) atoms. The number of alkyl halides is 2. The summed E-state index contributed by atoms with van der Waals surface area (Å²) in [6, 6.07) is 7.40. The lowest BCUT2D eigenvalue weighted by atomic mass is 10.0. The third kappa shape index (κ3) is 3.42. The molecule has 1 unspecified atom stereocenters. The number of hydrogen-bond donors (Lipinski definition) is 2. The Morgan fingerprint density at radius 2 is 2.16 bits per heavy atom. The minimum atomic E-state index is -2.93. The minimum absolute atomic E-state index is 0.0342. The Labute approximate surface area is 175 Å². The van der Waals surface area contributed by atoms with E-state index >= 15 is 0 Å². The van der Waals surface area contributed by atoms with Gasteiger partial charge in [0.15, 0.2) is 0 Å². The van der Waals surface area contributed by atoms with Gasteiger partial charge in [0.25, 0.3) is 5.92 Å². The van der Waals surface area contributed by atoms with E-state index in [1.807, 2.05) is 6.07 Å². The first kappa shape index (κ1) is 19.6. The first-order chi connectivity index (χ1) is 15.0. The van der Waals surface area contributed by atoms with Gasteiger partial charge in [-0.3, -0.25) is 4.98 Å². The molecule has 4 heterocycles. The zero-order valence-corrected chi connectivity index (χ0v) is 16.6. The van der Waals surface area contributed by atoms with Gasteiger partial charge in [0.1, 0.15) is 16.9 Å². The van der Waals surface area contributed by atoms with Gasteiger partial charge in [-0.1, -0.05) is 6.07 Å². The summed E-state index contributed by atoms with van der Waals surface area (Å²) in [5.41, 5.74) is 2.05. The molecule has 160 valence electrons. The fourth-order valence-electron chi connectivity index (χ4n) is 3.90. The summed E-state index contributed by atoms with van der Waals surface area (Å²) in [7, 11) is 1.44. The van der Waals surface area contributed by atoms with E-state index in [9.17, 15) is 13.2 Å². The number of anilines is 1. The molecule has 4 aromatic rings. The second-order valence-corrected chi connectivity index (χ2v) is 7.42. The van der Waals surface area contributed by atoms with E-state index in [4.69, 9.17) is 4.74 Å². The van der Waals surface area contributed by atoms with Crippen molar-refractivity contribution in [3.63, 3.8) is 0 Å². The number of halogens is 3. The summed E-state index contributed by atoms with van der Waals surface area (Å²) in [5.74, 6) is -3.14. The van der Waals surface area contributed by atoms with E-state index in [0.29, 0.717) is 28.6 Å². The molecule has 1 aromatic carbocycles. The van der Waals surface area contributed by atoms with Crippen molar-refractivity contribution in [1.29, 1.82) is 0 Å². The highest BCUT2D eigenvalue weighted by Crippen LogP contribution is 2.34. The lowest BCUT2D eigenvalue weighted by molar-refractivity contribution is -0.0324. The monoisotopic (exact) mass is 428 g/mol. The van der Waals surface area contributed by atoms with Crippen LogP contribution in [0.3, 0.4) is 0 Å². The molecule has 0 bridgehead atoms. The van der Waals surface area contributed by atoms with Crippen molar-refractivity contribution in [2.24, 2.45) is 0 Å². The van der Waals surface area contributed by atoms with E-state index in [0.717, 1.165) is 0 Å². The first-order valence-corrected chi connectivity index (χ1v) is 9.79. The number of methoxy groups -OCH3 is 1. The van der Waals surface area contributed by atoms with Crippen LogP contribution < -0.4 is 15.4 Å². The Morgan fingerprint density at radius 3 is 2.97 bits per heavy atom. The van der Waals surface area contributed by atoms with Crippen molar-refractivity contribution in [3.05, 3.63) is 48.5 Å². The van der Waals surface area contributed by atoms with E-state index in [-0.39, 0.29) is 23.8 Å². The van der Waals surface area contributed by atoms with Crippen LogP contribution in [0.4, 0.5) is 19.1 Å². The van der Waals surface area contributed by atoms with E-state index in [1.165, 1.54) is 23.9 Å². The number of benzene rings is 1. The first-order valence-electron chi connectivity index (χ1n) is 9.79. The predicted molar refractivity (Wildman–Crippen MR) is 110 cm³/mol. The summed E-state index contributed by atoms with van der Waals surface area (Å²) in [5, 5.41) is 10.4. The van der Waals surface area contributed by atoms with Gasteiger partial charge in [-0.05, 0) is 42.8 Å². The zero-order valence-electron chi connectivity index (χ0n) is 16.6. The van der Waals surface area contributed by atoms with E-state index in [2.05, 4.69) is 25.7 Å². The number of nitrogens with zero attached hydrogens (tertiary/aromatic N) is 4. The minimum Gasteiger partial charge on any atom is -0.479 e. The van der Waals surface area contributed by atoms with Crippen molar-refractivity contribution in [2.75, 3.05) is 25.5 Å². The summed E-state index contributed by atoms with van der Waals surface area (Å²) in [6.45, 7) is 0.0722. The number of hydrogen-bond acceptors (Lipinski definition) is 6. The number of piperidine rings is 1. The summed E-state index contributed by atoms with van der Waals surface area (Å²) >= 11 is 0. The second-order valence-electron chi connectivity index (χ2n) is 7.42. The maximum Gasteiger partial charge on any atom is 0.280 e. The molecule has 0 amide bonds. The van der Waals surface area contributed by atoms with Crippen LogP contribution in [0.15, 0.2) is 42.7 Å². The van der Waals surface area contributed by atoms with E-state index in [1.54, 1.807) is 24.4 Å². The molecule has 0 spiro atoms. The van der Waals surface area contributed by atoms with Crippen LogP contribution in [0.1, 0.15) is 6.42 Å². The largest absolute Gasteiger partial charge is 0.479 e. The molecule has 1 aliphatic rings. The Hall–Kier alpha value is -3.40. The quantitative estimate of drug-likeness (QED) is 0.518. The van der Waals surface area contributed by atoms with Crippen LogP contribution >= 0.6 is 0 Å². The standard InChI is InChI=1S/C21H19F3N6O/c1-31-19-18-14(13-9-12-3-2-6-26-17(12)15(22)10-13)5-8-30(18)29-20(28-19)27-16-4-7-25-11-21(16,23)24/h2-3,5-6,8-10,16,25H,4,7,11H2,1H3,(H,27,29). The van der Waals surface area contributed by atoms with Gasteiger partial charge >= 0.3 is 0 Å². The molecule has 1 fully saturated rings. The number of pyridine rings is 1. The number of ether oxygens (including phenoxy) is 1. The predicted octanol–water partition coefficient (Wildman–Crippen LogP) is 3.50. The second kappa shape index (κ2) is 7.38. The van der Waals surface area contributed by atoms with Crippen LogP contribution in [0.5, 0.6) is 5.88 Å². The Bertz CT molecular complexity index is 1270. The van der Waals surface area contributed by atoms with Gasteiger partial charge in [0.2, 0.25) is 11.8 Å². The Balaban J connectivity index is 1.58. The summed E-state index contributed by atoms with van der Waals surface area (Å²) < 4.78 is 49.9. The fourth-order valence-corrected chi connectivity index (χ4v) is 3.90. The smallest absolute Gasteiger partial charge is 0.280 e. The van der Waals surface area contributed by atoms with Crippen molar-refractivity contribution < 1.29 is 17.9 Å². The maximum absolute atomic E-state index is 14.6. The van der Waals surface area contributed by atoms with Gasteiger partial charge in [-0.25, -0.2) is 17.7 Å². The van der Waals surface area contributed by atoms with Crippen molar-refractivity contribution >= 4 is 22.4 Å². The number of rotatable bonds is 4. The van der Waals surface area contributed by atoms with Crippen molar-refractivity contribution in [3.8, 4) is 17.0 Å². The normalized spacial score (nSPS) is 18.4. The molecule has 1 aliphatic heterocycles. The lowest BCUT2D eigenvalue weighted by Crippen LogP contribution is -2.53. The highest BCUT2D eigenvalue weighted by Gasteiger charge is 2.42. The molecule has 3 aromatic heterocycles. The highest BCUT2D eigenvalue weighted by molar-refractivity contribution is 5.90. The third-order valence-electron chi connectivity index (χ3n) is 5.43. The van der Waals surface area contributed by atoms with Gasteiger partial charge in [0, 0.05) is 23.3 Å². The molecule has 1 saturated heterocycles. The van der Waals surface area contributed by atoms with Crippen molar-refractivity contribution in [1.82, 2.24) is 24.9 Å². The van der Waals surface area contributed by atoms with E-state index < -0.39 is 24.3 Å². The molecule has 1 atom stereocenters. The summed E-state index contributed by atoms with van der Waals surface area (Å²) in [6.07, 6.45) is 3.43. The molecule has 0 saturated carbocycles. The molecule has 2 N–H and O–H groups in total. The van der Waals surface area contributed by atoms with Crippen LogP contribution in [0, 0.1) is 5.82 Å². The molecule has 5 rings (SSSR count). The van der Waals surface area contributed by atoms with Gasteiger partial charge < -0.3 is 15.4 Å². The molecule has 10 heteroatoms. The highest BCUT2D eigenvalue weighted by atomic mass is 19.3. The average Bonchev–Trinajstić information content (AvgIpc) is 3.19. The Morgan fingerprint density at radius 1 is 1.29 bits per heavy atom. The molecule has 0 radical (unpaired) electrons. The van der Waals surface area contributed by atoms with Crippen molar-refractivity contribution in [2.45, 2.75) is 18.4 Å². The summed E-state index contributed by atoms with van der Waals surface area (Å²) in [4.78, 5) is 8.37. The molecule has 0 aliphatic carbocycles. The van der Waals surface area contributed by atoms with Gasteiger partial charge in [0.05, 0.1) is 19.7 Å². The van der Waals surface area contributed by atoms with Crippen LogP contribution in [0.25, 0.3) is 27.5 Å². The van der Waals surface area contributed by atoms with Crippen LogP contribution in [-0.4, -0.2) is 51.7 Å². The average molecular weight is 428 g/mol. The topological polar surface area (TPSA) is 76.4 Å². The number of fused-ring (bicyclic) bond motifs is 2. The van der Waals surface area contributed by atoms with Crippen LogP contribution in [0.2, 0.25) is 0 Å².